The topological polar surface area (TPSA) is 63.5 Å². The Labute approximate surface area is 160 Å². The molecule has 0 saturated carbocycles. The van der Waals surface area contributed by atoms with Crippen LogP contribution in [0.5, 0.6) is 5.88 Å². The number of pyridine rings is 1. The molecule has 0 bridgehead atoms. The molecule has 0 aromatic carbocycles. The molecule has 0 aliphatic carbocycles. The van der Waals surface area contributed by atoms with Gasteiger partial charge in [0.1, 0.15) is 0 Å². The minimum Gasteiger partial charge on any atom is -0.478 e. The van der Waals surface area contributed by atoms with Crippen LogP contribution in [0, 0.1) is 0 Å². The summed E-state index contributed by atoms with van der Waals surface area (Å²) >= 11 is 0. The molecule has 0 aliphatic heterocycles. The van der Waals surface area contributed by atoms with Crippen molar-refractivity contribution in [2.75, 3.05) is 13.7 Å². The fraction of sp³-hybridized carbons (Fsp3) is 0.412. The molecule has 2 rings (SSSR count). The van der Waals surface area contributed by atoms with Crippen LogP contribution < -0.4 is 15.4 Å². The lowest BCUT2D eigenvalue weighted by atomic mass is 10.3. The summed E-state index contributed by atoms with van der Waals surface area (Å²) in [6.07, 6.45) is 6.91. The van der Waals surface area contributed by atoms with Gasteiger partial charge in [0.15, 0.2) is 5.96 Å². The molecular formula is C17H26IN5O. The molecule has 0 amide bonds. The third kappa shape index (κ3) is 6.77. The van der Waals surface area contributed by atoms with Crippen molar-refractivity contribution in [3.63, 3.8) is 0 Å². The zero-order valence-corrected chi connectivity index (χ0v) is 16.8. The van der Waals surface area contributed by atoms with Crippen molar-refractivity contribution in [2.45, 2.75) is 26.4 Å². The molecule has 0 fully saturated rings. The number of hydrogen-bond donors (Lipinski definition) is 2. The van der Waals surface area contributed by atoms with Gasteiger partial charge in [0, 0.05) is 51.8 Å². The number of ether oxygens (including phenoxy) is 1. The Hall–Kier alpha value is -1.77. The fourth-order valence-electron chi connectivity index (χ4n) is 2.07. The van der Waals surface area contributed by atoms with E-state index >= 15 is 0 Å². The first-order valence-electron chi connectivity index (χ1n) is 7.84. The molecule has 0 radical (unpaired) electrons. The zero-order chi connectivity index (χ0) is 16.5. The number of aliphatic imine (C=N–C) groups is 1. The first-order chi connectivity index (χ1) is 11.2. The first-order valence-corrected chi connectivity index (χ1v) is 7.84. The molecule has 6 nitrogen and oxygen atoms in total. The fourth-order valence-corrected chi connectivity index (χ4v) is 2.07. The molecule has 2 aromatic rings. The maximum absolute atomic E-state index is 5.48. The molecule has 0 spiro atoms. The minimum absolute atomic E-state index is 0. The van der Waals surface area contributed by atoms with E-state index in [-0.39, 0.29) is 24.0 Å². The maximum atomic E-state index is 5.48. The summed E-state index contributed by atoms with van der Waals surface area (Å²) < 4.78 is 7.51. The van der Waals surface area contributed by atoms with Crippen molar-refractivity contribution in [2.24, 2.45) is 12.0 Å². The van der Waals surface area contributed by atoms with Crippen molar-refractivity contribution in [1.82, 2.24) is 20.2 Å². The number of nitrogens with zero attached hydrogens (tertiary/aromatic N) is 3. The highest BCUT2D eigenvalue weighted by atomic mass is 127. The molecule has 0 atom stereocenters. The number of nitrogens with one attached hydrogen (secondary N) is 2. The van der Waals surface area contributed by atoms with Crippen LogP contribution in [0.25, 0.3) is 0 Å². The SMILES string of the molecule is CCCOc1ccc(CNC(=NC)NCc2ccn(C)c2)cn1.I. The predicted octanol–water partition coefficient (Wildman–Crippen LogP) is 2.69. The summed E-state index contributed by atoms with van der Waals surface area (Å²) in [6.45, 7) is 4.17. The second-order valence-electron chi connectivity index (χ2n) is 5.32. The molecule has 0 saturated heterocycles. The molecule has 2 heterocycles. The lowest BCUT2D eigenvalue weighted by molar-refractivity contribution is 0.305. The van der Waals surface area contributed by atoms with Crippen LogP contribution in [-0.4, -0.2) is 29.2 Å². The molecule has 132 valence electrons. The van der Waals surface area contributed by atoms with Crippen LogP contribution in [-0.2, 0) is 20.1 Å². The van der Waals surface area contributed by atoms with Crippen molar-refractivity contribution in [3.8, 4) is 5.88 Å². The standard InChI is InChI=1S/C17H25N5O.HI/c1-4-9-23-16-6-5-14(10-19-16)11-20-17(18-2)21-12-15-7-8-22(3)13-15;/h5-8,10,13H,4,9,11-12H2,1-3H3,(H2,18,20,21);1H. The van der Waals surface area contributed by atoms with E-state index in [1.54, 1.807) is 7.05 Å². The average Bonchev–Trinajstić information content (AvgIpc) is 2.99. The molecule has 0 unspecified atom stereocenters. The number of guanidine groups is 1. The quantitative estimate of drug-likeness (QED) is 0.393. The van der Waals surface area contributed by atoms with E-state index < -0.39 is 0 Å². The van der Waals surface area contributed by atoms with Gasteiger partial charge >= 0.3 is 0 Å². The normalized spacial score (nSPS) is 10.9. The van der Waals surface area contributed by atoms with Gasteiger partial charge in [-0.15, -0.1) is 24.0 Å². The highest BCUT2D eigenvalue weighted by Crippen LogP contribution is 2.07. The van der Waals surface area contributed by atoms with Gasteiger partial charge in [-0.2, -0.15) is 0 Å². The Balaban J connectivity index is 0.00000288. The van der Waals surface area contributed by atoms with Gasteiger partial charge in [-0.3, -0.25) is 4.99 Å². The molecular weight excluding hydrogens is 417 g/mol. The lowest BCUT2D eigenvalue weighted by Gasteiger charge is -2.11. The van der Waals surface area contributed by atoms with Crippen LogP contribution in [0.2, 0.25) is 0 Å². The van der Waals surface area contributed by atoms with Crippen molar-refractivity contribution in [1.29, 1.82) is 0 Å². The summed E-state index contributed by atoms with van der Waals surface area (Å²) in [5.41, 5.74) is 2.30. The van der Waals surface area contributed by atoms with E-state index in [2.05, 4.69) is 39.8 Å². The zero-order valence-electron chi connectivity index (χ0n) is 14.5. The number of hydrogen-bond acceptors (Lipinski definition) is 3. The molecule has 7 heteroatoms. The smallest absolute Gasteiger partial charge is 0.213 e. The van der Waals surface area contributed by atoms with E-state index in [1.165, 1.54) is 5.56 Å². The second-order valence-corrected chi connectivity index (χ2v) is 5.32. The minimum atomic E-state index is 0. The summed E-state index contributed by atoms with van der Waals surface area (Å²) in [6, 6.07) is 5.99. The van der Waals surface area contributed by atoms with Crippen LogP contribution >= 0.6 is 24.0 Å². The third-order valence-electron chi connectivity index (χ3n) is 3.29. The Morgan fingerprint density at radius 2 is 1.96 bits per heavy atom. The summed E-state index contributed by atoms with van der Waals surface area (Å²) in [7, 11) is 3.78. The van der Waals surface area contributed by atoms with Crippen molar-refractivity contribution < 1.29 is 4.74 Å². The Morgan fingerprint density at radius 1 is 1.21 bits per heavy atom. The van der Waals surface area contributed by atoms with Gasteiger partial charge < -0.3 is 19.9 Å². The predicted molar refractivity (Wildman–Crippen MR) is 108 cm³/mol. The van der Waals surface area contributed by atoms with Gasteiger partial charge in [0.25, 0.3) is 0 Å². The monoisotopic (exact) mass is 443 g/mol. The van der Waals surface area contributed by atoms with Gasteiger partial charge in [0.2, 0.25) is 5.88 Å². The molecule has 0 aliphatic rings. The van der Waals surface area contributed by atoms with E-state index in [1.807, 2.05) is 36.1 Å². The number of aromatic nitrogens is 2. The van der Waals surface area contributed by atoms with Crippen molar-refractivity contribution >= 4 is 29.9 Å². The van der Waals surface area contributed by atoms with Gasteiger partial charge in [0.05, 0.1) is 6.61 Å². The highest BCUT2D eigenvalue weighted by molar-refractivity contribution is 14.0. The number of aryl methyl sites for hydroxylation is 1. The molecule has 24 heavy (non-hydrogen) atoms. The second kappa shape index (κ2) is 10.9. The van der Waals surface area contributed by atoms with Crippen LogP contribution in [0.3, 0.4) is 0 Å². The van der Waals surface area contributed by atoms with Crippen LogP contribution in [0.1, 0.15) is 24.5 Å². The summed E-state index contributed by atoms with van der Waals surface area (Å²) in [5.74, 6) is 1.43. The summed E-state index contributed by atoms with van der Waals surface area (Å²) in [4.78, 5) is 8.52. The van der Waals surface area contributed by atoms with Crippen LogP contribution in [0.4, 0.5) is 0 Å². The van der Waals surface area contributed by atoms with E-state index in [0.29, 0.717) is 19.0 Å². The molecule has 2 aromatic heterocycles. The number of halogens is 1. The van der Waals surface area contributed by atoms with Gasteiger partial charge in [-0.1, -0.05) is 13.0 Å². The van der Waals surface area contributed by atoms with Crippen LogP contribution in [0.15, 0.2) is 41.8 Å². The first kappa shape index (κ1) is 20.3. The largest absolute Gasteiger partial charge is 0.478 e. The molecule has 2 N–H and O–H groups in total. The Bertz CT molecular complexity index is 624. The van der Waals surface area contributed by atoms with E-state index in [9.17, 15) is 0 Å². The van der Waals surface area contributed by atoms with Crippen molar-refractivity contribution in [3.05, 3.63) is 47.9 Å². The van der Waals surface area contributed by atoms with E-state index in [0.717, 1.165) is 24.5 Å². The average molecular weight is 443 g/mol. The maximum Gasteiger partial charge on any atom is 0.213 e. The number of rotatable bonds is 7. The highest BCUT2D eigenvalue weighted by Gasteiger charge is 2.01. The Kier molecular flexibility index (Phi) is 9.21. The van der Waals surface area contributed by atoms with Gasteiger partial charge in [-0.25, -0.2) is 4.98 Å². The van der Waals surface area contributed by atoms with Gasteiger partial charge in [-0.05, 0) is 23.6 Å². The lowest BCUT2D eigenvalue weighted by Crippen LogP contribution is -2.36. The Morgan fingerprint density at radius 3 is 2.50 bits per heavy atom. The summed E-state index contributed by atoms with van der Waals surface area (Å²) in [5, 5.41) is 6.57. The third-order valence-corrected chi connectivity index (χ3v) is 3.29. The van der Waals surface area contributed by atoms with E-state index in [4.69, 9.17) is 4.74 Å².